The Kier molecular flexibility index (Phi) is 5.16. The zero-order chi connectivity index (χ0) is 15.1. The number of anilines is 1. The number of carbonyl (C=O) groups is 2. The molecule has 21 heavy (non-hydrogen) atoms. The van der Waals surface area contributed by atoms with Crippen molar-refractivity contribution in [1.29, 1.82) is 0 Å². The molecule has 9 heteroatoms. The molecule has 1 aromatic heterocycles. The zero-order valence-electron chi connectivity index (χ0n) is 10.9. The molecule has 1 aromatic carbocycles. The number of nitrogens with zero attached hydrogens (tertiary/aromatic N) is 3. The van der Waals surface area contributed by atoms with Crippen LogP contribution < -0.4 is 10.6 Å². The molecule has 2 amide bonds. The van der Waals surface area contributed by atoms with Gasteiger partial charge in [-0.1, -0.05) is 39.9 Å². The fraction of sp³-hybridized carbons (Fsp3) is 0.250. The van der Waals surface area contributed by atoms with Crippen LogP contribution >= 0.6 is 11.5 Å². The fourth-order valence-corrected chi connectivity index (χ4v) is 2.05. The molecule has 3 N–H and O–H groups in total. The molecule has 0 aliphatic rings. The van der Waals surface area contributed by atoms with Crippen LogP contribution in [0.2, 0.25) is 0 Å². The molecule has 8 nitrogen and oxygen atoms in total. The van der Waals surface area contributed by atoms with Gasteiger partial charge in [0.2, 0.25) is 5.13 Å². The summed E-state index contributed by atoms with van der Waals surface area (Å²) in [7, 11) is 0. The molecule has 0 radical (unpaired) electrons. The van der Waals surface area contributed by atoms with Crippen molar-refractivity contribution >= 4 is 28.7 Å². The summed E-state index contributed by atoms with van der Waals surface area (Å²) in [5, 5.41) is 21.0. The van der Waals surface area contributed by atoms with Crippen LogP contribution in [-0.4, -0.2) is 37.9 Å². The van der Waals surface area contributed by atoms with Gasteiger partial charge < -0.3 is 10.4 Å². The Balaban J connectivity index is 1.87. The monoisotopic (exact) mass is 307 g/mol. The van der Waals surface area contributed by atoms with E-state index in [1.54, 1.807) is 0 Å². The molecule has 0 saturated carbocycles. The minimum absolute atomic E-state index is 0.208. The summed E-state index contributed by atoms with van der Waals surface area (Å²) in [5.41, 5.74) is 1.01. The van der Waals surface area contributed by atoms with Crippen LogP contribution in [0, 0.1) is 0 Å². The normalized spacial score (nSPS) is 11.6. The summed E-state index contributed by atoms with van der Waals surface area (Å²) in [6.07, 6.45) is 0.847. The van der Waals surface area contributed by atoms with Gasteiger partial charge in [0.05, 0.1) is 0 Å². The van der Waals surface area contributed by atoms with E-state index in [2.05, 4.69) is 25.4 Å². The molecular weight excluding hydrogens is 294 g/mol. The van der Waals surface area contributed by atoms with E-state index < -0.39 is 18.0 Å². The first-order valence-electron chi connectivity index (χ1n) is 6.14. The van der Waals surface area contributed by atoms with Crippen molar-refractivity contribution in [2.75, 3.05) is 5.32 Å². The second-order valence-corrected chi connectivity index (χ2v) is 4.91. The predicted octanol–water partition coefficient (Wildman–Crippen LogP) is 1.14. The van der Waals surface area contributed by atoms with Crippen LogP contribution in [-0.2, 0) is 11.2 Å². The number of nitrogens with one attached hydrogen (secondary N) is 2. The number of aliphatic carboxylic acids is 1. The number of hydrogen-bond donors (Lipinski definition) is 3. The number of hydrogen-bond acceptors (Lipinski definition) is 6. The van der Waals surface area contributed by atoms with Gasteiger partial charge in [0, 0.05) is 11.5 Å². The predicted molar refractivity (Wildman–Crippen MR) is 76.0 cm³/mol. The average molecular weight is 307 g/mol. The highest BCUT2D eigenvalue weighted by Crippen LogP contribution is 2.07. The Morgan fingerprint density at radius 2 is 2.05 bits per heavy atom. The third kappa shape index (κ3) is 4.80. The van der Waals surface area contributed by atoms with Gasteiger partial charge in [0.1, 0.15) is 6.04 Å². The first kappa shape index (κ1) is 14.9. The van der Waals surface area contributed by atoms with Gasteiger partial charge in [-0.2, -0.15) is 0 Å². The second-order valence-electron chi connectivity index (χ2n) is 4.18. The van der Waals surface area contributed by atoms with Gasteiger partial charge in [-0.25, -0.2) is 9.59 Å². The average Bonchev–Trinajstić information content (AvgIpc) is 2.97. The zero-order valence-corrected chi connectivity index (χ0v) is 11.7. The number of urea groups is 1. The number of carbonyl (C=O) groups excluding carboxylic acids is 1. The molecule has 0 fully saturated rings. The van der Waals surface area contributed by atoms with Crippen LogP contribution in [0.5, 0.6) is 0 Å². The van der Waals surface area contributed by atoms with E-state index in [0.717, 1.165) is 17.1 Å². The van der Waals surface area contributed by atoms with Gasteiger partial charge in [-0.15, -0.1) is 0 Å². The van der Waals surface area contributed by atoms with Gasteiger partial charge in [0.15, 0.2) is 0 Å². The lowest BCUT2D eigenvalue weighted by atomic mass is 10.1. The Morgan fingerprint density at radius 3 is 2.67 bits per heavy atom. The molecule has 0 saturated heterocycles. The smallest absolute Gasteiger partial charge is 0.326 e. The summed E-state index contributed by atoms with van der Waals surface area (Å²) in [4.78, 5) is 22.8. The maximum absolute atomic E-state index is 11.7. The summed E-state index contributed by atoms with van der Waals surface area (Å²) in [5.74, 6) is -1.09. The molecule has 0 aliphatic carbocycles. The van der Waals surface area contributed by atoms with Crippen molar-refractivity contribution in [2.24, 2.45) is 0 Å². The van der Waals surface area contributed by atoms with Crippen LogP contribution in [0.4, 0.5) is 9.93 Å². The summed E-state index contributed by atoms with van der Waals surface area (Å²) in [6, 6.07) is 7.85. The number of aryl methyl sites for hydroxylation is 1. The second kappa shape index (κ2) is 7.29. The fourth-order valence-electron chi connectivity index (χ4n) is 1.69. The Hall–Kier alpha value is -2.55. The van der Waals surface area contributed by atoms with Crippen LogP contribution in [0.25, 0.3) is 0 Å². The van der Waals surface area contributed by atoms with Crippen LogP contribution in [0.3, 0.4) is 0 Å². The van der Waals surface area contributed by atoms with E-state index in [0.29, 0.717) is 12.8 Å². The van der Waals surface area contributed by atoms with E-state index >= 15 is 0 Å². The largest absolute Gasteiger partial charge is 0.480 e. The van der Waals surface area contributed by atoms with Gasteiger partial charge in [-0.3, -0.25) is 5.32 Å². The van der Waals surface area contributed by atoms with E-state index in [1.165, 1.54) is 0 Å². The molecule has 1 unspecified atom stereocenters. The lowest BCUT2D eigenvalue weighted by Crippen LogP contribution is -2.43. The lowest BCUT2D eigenvalue weighted by molar-refractivity contribution is -0.139. The molecule has 1 heterocycles. The number of carboxylic acids is 1. The van der Waals surface area contributed by atoms with Crippen molar-refractivity contribution in [3.05, 3.63) is 35.9 Å². The third-order valence-electron chi connectivity index (χ3n) is 2.69. The Labute approximate surface area is 124 Å². The number of aromatic nitrogens is 3. The van der Waals surface area contributed by atoms with Crippen molar-refractivity contribution < 1.29 is 14.7 Å². The molecule has 0 spiro atoms. The number of benzene rings is 1. The van der Waals surface area contributed by atoms with E-state index in [-0.39, 0.29) is 5.13 Å². The van der Waals surface area contributed by atoms with Crippen LogP contribution in [0.15, 0.2) is 30.3 Å². The lowest BCUT2D eigenvalue weighted by Gasteiger charge is -2.14. The first-order valence-corrected chi connectivity index (χ1v) is 6.92. The molecule has 1 atom stereocenters. The summed E-state index contributed by atoms with van der Waals surface area (Å²) in [6.45, 7) is 0. The molecule has 0 aliphatic heterocycles. The number of carboxylic acid groups (broad SMARTS) is 1. The standard InChI is InChI=1S/C12H13N5O3S/c18-10(19)9(7-6-8-4-2-1-3-5-8)13-11(20)14-12-15-16-17-21-12/h1-5,9H,6-7H2,(H,18,19)(H2,13,14,15,17,20). The minimum atomic E-state index is -1.09. The maximum atomic E-state index is 11.7. The highest BCUT2D eigenvalue weighted by atomic mass is 32.1. The van der Waals surface area contributed by atoms with E-state index in [4.69, 9.17) is 5.11 Å². The topological polar surface area (TPSA) is 117 Å². The first-order chi connectivity index (χ1) is 10.1. The quantitative estimate of drug-likeness (QED) is 0.736. The number of rotatable bonds is 6. The van der Waals surface area contributed by atoms with Crippen LogP contribution in [0.1, 0.15) is 12.0 Å². The molecule has 2 aromatic rings. The van der Waals surface area contributed by atoms with Gasteiger partial charge >= 0.3 is 12.0 Å². The summed E-state index contributed by atoms with van der Waals surface area (Å²) < 4.78 is 3.49. The molecule has 0 bridgehead atoms. The highest BCUT2D eigenvalue weighted by Gasteiger charge is 2.20. The van der Waals surface area contributed by atoms with E-state index in [9.17, 15) is 9.59 Å². The Bertz CT molecular complexity index is 590. The van der Waals surface area contributed by atoms with Crippen molar-refractivity contribution in [3.8, 4) is 0 Å². The van der Waals surface area contributed by atoms with Gasteiger partial charge in [-0.05, 0) is 23.6 Å². The van der Waals surface area contributed by atoms with Gasteiger partial charge in [0.25, 0.3) is 0 Å². The summed E-state index contributed by atoms with van der Waals surface area (Å²) >= 11 is 0.905. The SMILES string of the molecule is O=C(Nc1nnns1)NC(CCc1ccccc1)C(=O)O. The third-order valence-corrected chi connectivity index (χ3v) is 3.20. The number of amides is 2. The molecule has 2 rings (SSSR count). The molecular formula is C12H13N5O3S. The van der Waals surface area contributed by atoms with Crippen molar-refractivity contribution in [1.82, 2.24) is 20.1 Å². The Morgan fingerprint density at radius 1 is 1.29 bits per heavy atom. The highest BCUT2D eigenvalue weighted by molar-refractivity contribution is 7.09. The minimum Gasteiger partial charge on any atom is -0.480 e. The maximum Gasteiger partial charge on any atom is 0.326 e. The molecule has 110 valence electrons. The van der Waals surface area contributed by atoms with Crippen molar-refractivity contribution in [3.63, 3.8) is 0 Å². The van der Waals surface area contributed by atoms with E-state index in [1.807, 2.05) is 30.3 Å². The van der Waals surface area contributed by atoms with Crippen molar-refractivity contribution in [2.45, 2.75) is 18.9 Å².